The van der Waals surface area contributed by atoms with E-state index in [-0.39, 0.29) is 12.0 Å². The van der Waals surface area contributed by atoms with E-state index < -0.39 is 6.23 Å². The molecule has 5 nitrogen and oxygen atoms in total. The van der Waals surface area contributed by atoms with Gasteiger partial charge in [0.05, 0.1) is 23.8 Å². The Morgan fingerprint density at radius 2 is 2.00 bits per heavy atom. The van der Waals surface area contributed by atoms with E-state index in [2.05, 4.69) is 5.32 Å². The Kier molecular flexibility index (Phi) is 4.53. The third kappa shape index (κ3) is 3.12. The van der Waals surface area contributed by atoms with Crippen molar-refractivity contribution in [2.75, 3.05) is 7.11 Å². The fraction of sp³-hybridized carbons (Fsp3) is 0.278. The van der Waals surface area contributed by atoms with Crippen LogP contribution in [0.3, 0.4) is 0 Å². The van der Waals surface area contributed by atoms with Gasteiger partial charge in [0.25, 0.3) is 5.91 Å². The average Bonchev–Trinajstić information content (AvgIpc) is 2.56. The minimum atomic E-state index is -0.646. The van der Waals surface area contributed by atoms with Gasteiger partial charge in [0.2, 0.25) is 0 Å². The molecule has 0 aromatic heterocycles. The molecule has 1 atom stereocenters. The Balaban J connectivity index is 1.96. The highest BCUT2D eigenvalue weighted by Crippen LogP contribution is 2.40. The van der Waals surface area contributed by atoms with Crippen LogP contribution in [0.5, 0.6) is 17.2 Å². The number of fused-ring (bicyclic) bond motifs is 1. The van der Waals surface area contributed by atoms with E-state index in [0.717, 1.165) is 0 Å². The van der Waals surface area contributed by atoms with E-state index in [1.165, 1.54) is 7.11 Å². The van der Waals surface area contributed by atoms with Crippen LogP contribution < -0.4 is 19.5 Å². The molecule has 3 rings (SSSR count). The molecule has 0 saturated heterocycles. The summed E-state index contributed by atoms with van der Waals surface area (Å²) < 4.78 is 17.0. The molecule has 0 bridgehead atoms. The maximum atomic E-state index is 12.2. The second kappa shape index (κ2) is 6.61. The van der Waals surface area contributed by atoms with Crippen LogP contribution in [0.1, 0.15) is 36.0 Å². The van der Waals surface area contributed by atoms with E-state index in [9.17, 15) is 4.79 Å². The zero-order valence-corrected chi connectivity index (χ0v) is 14.4. The molecule has 2 aromatic rings. The van der Waals surface area contributed by atoms with E-state index in [1.54, 1.807) is 30.3 Å². The lowest BCUT2D eigenvalue weighted by Gasteiger charge is -2.27. The number of benzene rings is 2. The van der Waals surface area contributed by atoms with Gasteiger partial charge in [-0.15, -0.1) is 0 Å². The molecule has 6 heteroatoms. The maximum Gasteiger partial charge on any atom is 0.258 e. The van der Waals surface area contributed by atoms with Crippen molar-refractivity contribution in [1.29, 1.82) is 0 Å². The largest absolute Gasteiger partial charge is 0.493 e. The summed E-state index contributed by atoms with van der Waals surface area (Å²) in [5, 5.41) is 3.21. The number of para-hydroxylation sites is 1. The van der Waals surface area contributed by atoms with Crippen LogP contribution in [0.25, 0.3) is 0 Å². The molecular formula is C18H18ClNO4. The maximum absolute atomic E-state index is 12.2. The summed E-state index contributed by atoms with van der Waals surface area (Å²) in [6.07, 6.45) is -0.688. The fourth-order valence-corrected chi connectivity index (χ4v) is 2.77. The predicted octanol–water partition coefficient (Wildman–Crippen LogP) is 3.96. The lowest BCUT2D eigenvalue weighted by Crippen LogP contribution is -2.36. The van der Waals surface area contributed by atoms with E-state index in [1.807, 2.05) is 19.9 Å². The molecule has 24 heavy (non-hydrogen) atoms. The van der Waals surface area contributed by atoms with Crippen molar-refractivity contribution < 1.29 is 19.0 Å². The van der Waals surface area contributed by atoms with E-state index >= 15 is 0 Å². The minimum absolute atomic E-state index is 0.0419. The highest BCUT2D eigenvalue weighted by molar-refractivity contribution is 6.32. The number of hydrogen-bond donors (Lipinski definition) is 1. The Labute approximate surface area is 145 Å². The van der Waals surface area contributed by atoms with Gasteiger partial charge in [-0.05, 0) is 38.1 Å². The molecule has 0 saturated carbocycles. The first-order valence-corrected chi connectivity index (χ1v) is 7.98. The summed E-state index contributed by atoms with van der Waals surface area (Å²) in [4.78, 5) is 12.2. The molecular weight excluding hydrogens is 330 g/mol. The highest BCUT2D eigenvalue weighted by Gasteiger charge is 2.28. The van der Waals surface area contributed by atoms with Crippen LogP contribution in [0, 0.1) is 0 Å². The third-order valence-corrected chi connectivity index (χ3v) is 3.83. The number of carbonyl (C=O) groups is 1. The van der Waals surface area contributed by atoms with Crippen molar-refractivity contribution in [3.05, 3.63) is 52.5 Å². The second-order valence-electron chi connectivity index (χ2n) is 5.67. The average molecular weight is 348 g/mol. The molecule has 2 aromatic carbocycles. The van der Waals surface area contributed by atoms with Crippen molar-refractivity contribution in [3.63, 3.8) is 0 Å². The summed E-state index contributed by atoms with van der Waals surface area (Å²) in [5.74, 6) is 1.30. The molecule has 0 radical (unpaired) electrons. The summed E-state index contributed by atoms with van der Waals surface area (Å²) in [6.45, 7) is 3.82. The molecule has 1 N–H and O–H groups in total. The first-order chi connectivity index (χ1) is 11.5. The molecule has 1 aliphatic rings. The van der Waals surface area contributed by atoms with Gasteiger partial charge < -0.3 is 19.5 Å². The number of ether oxygens (including phenoxy) is 3. The zero-order chi connectivity index (χ0) is 17.3. The van der Waals surface area contributed by atoms with Gasteiger partial charge in [0.15, 0.2) is 17.7 Å². The number of hydrogen-bond acceptors (Lipinski definition) is 4. The normalized spacial score (nSPS) is 16.2. The molecule has 126 valence electrons. The van der Waals surface area contributed by atoms with Crippen LogP contribution in [0.2, 0.25) is 5.02 Å². The minimum Gasteiger partial charge on any atom is -0.493 e. The van der Waals surface area contributed by atoms with Gasteiger partial charge in [0, 0.05) is 5.56 Å². The number of amides is 1. The number of carbonyl (C=O) groups excluding carboxylic acids is 1. The smallest absolute Gasteiger partial charge is 0.258 e. The van der Waals surface area contributed by atoms with Crippen molar-refractivity contribution in [2.24, 2.45) is 0 Å². The Hall–Kier alpha value is -2.40. The van der Waals surface area contributed by atoms with Gasteiger partial charge in [-0.1, -0.05) is 23.7 Å². The molecule has 0 unspecified atom stereocenters. The number of halogens is 1. The SMILES string of the molecule is COc1cc([C@@H]2NC(=O)c3ccccc3O2)cc(Cl)c1OC(C)C. The zero-order valence-electron chi connectivity index (χ0n) is 13.6. The number of nitrogens with one attached hydrogen (secondary N) is 1. The van der Waals surface area contributed by atoms with Gasteiger partial charge >= 0.3 is 0 Å². The van der Waals surface area contributed by atoms with Crippen LogP contribution in [-0.2, 0) is 0 Å². The van der Waals surface area contributed by atoms with Gasteiger partial charge in [-0.2, -0.15) is 0 Å². The van der Waals surface area contributed by atoms with Crippen molar-refractivity contribution >= 4 is 17.5 Å². The van der Waals surface area contributed by atoms with Crippen molar-refractivity contribution in [2.45, 2.75) is 26.2 Å². The van der Waals surface area contributed by atoms with Crippen molar-refractivity contribution in [1.82, 2.24) is 5.32 Å². The highest BCUT2D eigenvalue weighted by atomic mass is 35.5. The lowest BCUT2D eigenvalue weighted by molar-refractivity contribution is 0.0755. The standard InChI is InChI=1S/C18H18ClNO4/c1-10(2)23-16-13(19)8-11(9-15(16)22-3)18-20-17(21)12-6-4-5-7-14(12)24-18/h4-10,18H,1-3H3,(H,20,21)/t18-/m1/s1. The first-order valence-electron chi connectivity index (χ1n) is 7.60. The van der Waals surface area contributed by atoms with Crippen LogP contribution >= 0.6 is 11.6 Å². The lowest BCUT2D eigenvalue weighted by atomic mass is 10.1. The van der Waals surface area contributed by atoms with Gasteiger partial charge in [-0.3, -0.25) is 4.79 Å². The summed E-state index contributed by atoms with van der Waals surface area (Å²) in [5.41, 5.74) is 1.18. The van der Waals surface area contributed by atoms with E-state index in [0.29, 0.717) is 33.4 Å². The van der Waals surface area contributed by atoms with Crippen LogP contribution in [0.4, 0.5) is 0 Å². The first kappa shape index (κ1) is 16.5. The van der Waals surface area contributed by atoms with Gasteiger partial charge in [0.1, 0.15) is 5.75 Å². The summed E-state index contributed by atoms with van der Waals surface area (Å²) >= 11 is 6.34. The van der Waals surface area contributed by atoms with Crippen LogP contribution in [0.15, 0.2) is 36.4 Å². The number of rotatable bonds is 4. The summed E-state index contributed by atoms with van der Waals surface area (Å²) in [6, 6.07) is 10.6. The Bertz CT molecular complexity index is 776. The monoisotopic (exact) mass is 347 g/mol. The van der Waals surface area contributed by atoms with Gasteiger partial charge in [-0.25, -0.2) is 0 Å². The van der Waals surface area contributed by atoms with Crippen LogP contribution in [-0.4, -0.2) is 19.1 Å². The molecule has 1 amide bonds. The molecule has 1 heterocycles. The fourth-order valence-electron chi connectivity index (χ4n) is 2.50. The summed E-state index contributed by atoms with van der Waals surface area (Å²) in [7, 11) is 1.54. The Morgan fingerprint density at radius 1 is 1.25 bits per heavy atom. The topological polar surface area (TPSA) is 56.8 Å². The Morgan fingerprint density at radius 3 is 2.71 bits per heavy atom. The number of methoxy groups -OCH3 is 1. The molecule has 0 spiro atoms. The van der Waals surface area contributed by atoms with E-state index in [4.69, 9.17) is 25.8 Å². The molecule has 1 aliphatic heterocycles. The molecule has 0 fully saturated rings. The quantitative estimate of drug-likeness (QED) is 0.909. The molecule has 0 aliphatic carbocycles. The third-order valence-electron chi connectivity index (χ3n) is 3.55. The predicted molar refractivity (Wildman–Crippen MR) is 91.0 cm³/mol. The van der Waals surface area contributed by atoms with Crippen molar-refractivity contribution in [3.8, 4) is 17.2 Å². The second-order valence-corrected chi connectivity index (χ2v) is 6.08.